The van der Waals surface area contributed by atoms with Crippen molar-refractivity contribution in [3.05, 3.63) is 36.0 Å². The lowest BCUT2D eigenvalue weighted by Crippen LogP contribution is -2.31. The van der Waals surface area contributed by atoms with Crippen LogP contribution in [0.4, 0.5) is 36.3 Å². The Hall–Kier alpha value is -2.84. The molecule has 28 heavy (non-hydrogen) atoms. The molecule has 0 radical (unpaired) electrons. The van der Waals surface area contributed by atoms with Crippen LogP contribution in [0.25, 0.3) is 0 Å². The summed E-state index contributed by atoms with van der Waals surface area (Å²) in [7, 11) is 0. The van der Waals surface area contributed by atoms with E-state index in [0.717, 1.165) is 31.6 Å². The molecule has 150 valence electrons. The van der Waals surface area contributed by atoms with Gasteiger partial charge in [-0.15, -0.1) is 0 Å². The normalized spacial score (nSPS) is 14.6. The van der Waals surface area contributed by atoms with Crippen LogP contribution in [0.2, 0.25) is 0 Å². The van der Waals surface area contributed by atoms with Gasteiger partial charge < -0.3 is 15.5 Å². The first-order chi connectivity index (χ1) is 13.3. The van der Waals surface area contributed by atoms with E-state index in [1.807, 2.05) is 13.0 Å². The topological polar surface area (TPSA) is 70.2 Å². The molecule has 2 heterocycles. The monoisotopic (exact) mass is 393 g/mol. The van der Waals surface area contributed by atoms with Crippen LogP contribution >= 0.6 is 0 Å². The van der Waals surface area contributed by atoms with E-state index in [9.17, 15) is 18.0 Å². The predicted octanol–water partition coefficient (Wildman–Crippen LogP) is 4.41. The number of alkyl halides is 3. The van der Waals surface area contributed by atoms with Crippen LogP contribution in [-0.4, -0.2) is 35.1 Å². The van der Waals surface area contributed by atoms with Gasteiger partial charge in [0.1, 0.15) is 12.2 Å². The number of amides is 1. The van der Waals surface area contributed by atoms with Gasteiger partial charge in [0.15, 0.2) is 0 Å². The van der Waals surface area contributed by atoms with E-state index in [2.05, 4.69) is 25.5 Å². The van der Waals surface area contributed by atoms with E-state index >= 15 is 0 Å². The van der Waals surface area contributed by atoms with Gasteiger partial charge in [-0.25, -0.2) is 4.98 Å². The predicted molar refractivity (Wildman–Crippen MR) is 102 cm³/mol. The molecule has 1 aliphatic rings. The zero-order valence-corrected chi connectivity index (χ0v) is 15.5. The molecule has 2 aromatic rings. The average Bonchev–Trinajstić information content (AvgIpc) is 2.62. The van der Waals surface area contributed by atoms with Crippen LogP contribution in [0.3, 0.4) is 0 Å². The fraction of sp³-hybridized carbons (Fsp3) is 0.421. The van der Waals surface area contributed by atoms with Gasteiger partial charge in [-0.05, 0) is 50.5 Å². The van der Waals surface area contributed by atoms with Crippen molar-refractivity contribution in [2.45, 2.75) is 38.8 Å². The lowest BCUT2D eigenvalue weighted by atomic mass is 10.1. The summed E-state index contributed by atoms with van der Waals surface area (Å²) in [6.07, 6.45) is -2.56. The Morgan fingerprint density at radius 2 is 1.71 bits per heavy atom. The van der Waals surface area contributed by atoms with Crippen molar-refractivity contribution in [3.63, 3.8) is 0 Å². The highest BCUT2D eigenvalue weighted by molar-refractivity contribution is 5.91. The van der Waals surface area contributed by atoms with E-state index in [1.54, 1.807) is 12.1 Å². The molecule has 1 fully saturated rings. The van der Waals surface area contributed by atoms with Crippen molar-refractivity contribution in [2.24, 2.45) is 0 Å². The van der Waals surface area contributed by atoms with E-state index in [-0.39, 0.29) is 0 Å². The summed E-state index contributed by atoms with van der Waals surface area (Å²) >= 11 is 0. The molecule has 1 aromatic heterocycles. The Bertz CT molecular complexity index is 817. The second-order valence-electron chi connectivity index (χ2n) is 6.78. The van der Waals surface area contributed by atoms with Gasteiger partial charge in [-0.2, -0.15) is 18.2 Å². The van der Waals surface area contributed by atoms with Crippen molar-refractivity contribution in [1.29, 1.82) is 0 Å². The second kappa shape index (κ2) is 8.45. The van der Waals surface area contributed by atoms with Crippen molar-refractivity contribution >= 4 is 29.0 Å². The first-order valence-corrected chi connectivity index (χ1v) is 9.13. The Kier molecular flexibility index (Phi) is 6.01. The van der Waals surface area contributed by atoms with Crippen LogP contribution in [-0.2, 0) is 4.79 Å². The SMILES string of the molecule is Cc1cc(Nc2ccc(NC(=O)CC(F)(F)F)cc2)nc(N2CCCCC2)n1. The van der Waals surface area contributed by atoms with Gasteiger partial charge in [-0.1, -0.05) is 0 Å². The number of anilines is 4. The third-order valence-electron chi connectivity index (χ3n) is 4.28. The molecule has 1 amide bonds. The molecule has 3 rings (SSSR count). The van der Waals surface area contributed by atoms with Crippen LogP contribution < -0.4 is 15.5 Å². The maximum atomic E-state index is 12.2. The lowest BCUT2D eigenvalue weighted by molar-refractivity contribution is -0.150. The number of halogens is 3. The molecule has 1 aliphatic heterocycles. The maximum absolute atomic E-state index is 12.2. The number of benzene rings is 1. The molecule has 0 spiro atoms. The summed E-state index contributed by atoms with van der Waals surface area (Å²) in [4.78, 5) is 22.6. The zero-order chi connectivity index (χ0) is 20.1. The van der Waals surface area contributed by atoms with Gasteiger partial charge in [0.2, 0.25) is 11.9 Å². The van der Waals surface area contributed by atoms with Crippen LogP contribution in [0.1, 0.15) is 31.4 Å². The summed E-state index contributed by atoms with van der Waals surface area (Å²) in [6, 6.07) is 8.24. The molecule has 6 nitrogen and oxygen atoms in total. The molecule has 2 N–H and O–H groups in total. The molecule has 0 saturated carbocycles. The van der Waals surface area contributed by atoms with Gasteiger partial charge in [0.25, 0.3) is 0 Å². The quantitative estimate of drug-likeness (QED) is 0.788. The molecule has 1 aromatic carbocycles. The molecule has 0 unspecified atom stereocenters. The Morgan fingerprint density at radius 1 is 1.07 bits per heavy atom. The first kappa shape index (κ1) is 19.9. The van der Waals surface area contributed by atoms with E-state index < -0.39 is 18.5 Å². The fourth-order valence-electron chi connectivity index (χ4n) is 3.02. The Morgan fingerprint density at radius 3 is 2.36 bits per heavy atom. The highest BCUT2D eigenvalue weighted by Gasteiger charge is 2.31. The third kappa shape index (κ3) is 5.83. The maximum Gasteiger partial charge on any atom is 0.397 e. The van der Waals surface area contributed by atoms with Gasteiger partial charge in [0, 0.05) is 36.2 Å². The number of hydrogen-bond acceptors (Lipinski definition) is 5. The van der Waals surface area contributed by atoms with E-state index in [4.69, 9.17) is 0 Å². The van der Waals surface area contributed by atoms with E-state index in [1.165, 1.54) is 18.6 Å². The summed E-state index contributed by atoms with van der Waals surface area (Å²) in [6.45, 7) is 3.78. The van der Waals surface area contributed by atoms with Crippen molar-refractivity contribution in [2.75, 3.05) is 28.6 Å². The smallest absolute Gasteiger partial charge is 0.341 e. The number of nitrogens with zero attached hydrogens (tertiary/aromatic N) is 3. The molecular weight excluding hydrogens is 371 g/mol. The Labute approximate surface area is 161 Å². The number of aryl methyl sites for hydroxylation is 1. The number of nitrogens with one attached hydrogen (secondary N) is 2. The van der Waals surface area contributed by atoms with Crippen LogP contribution in [0, 0.1) is 6.92 Å². The van der Waals surface area contributed by atoms with Gasteiger partial charge in [-0.3, -0.25) is 4.79 Å². The van der Waals surface area contributed by atoms with Gasteiger partial charge in [0.05, 0.1) is 0 Å². The van der Waals surface area contributed by atoms with Crippen molar-refractivity contribution in [1.82, 2.24) is 9.97 Å². The molecule has 1 saturated heterocycles. The fourth-order valence-corrected chi connectivity index (χ4v) is 3.02. The standard InChI is InChI=1S/C19H22F3N5O/c1-13-11-16(26-18(23-13)27-9-3-2-4-10-27)24-14-5-7-15(8-6-14)25-17(28)12-19(20,21)22/h5-8,11H,2-4,9-10,12H2,1H3,(H,25,28)(H,23,24,26). The second-order valence-corrected chi connectivity index (χ2v) is 6.78. The van der Waals surface area contributed by atoms with Crippen LogP contribution in [0.15, 0.2) is 30.3 Å². The van der Waals surface area contributed by atoms with Crippen molar-refractivity contribution in [3.8, 4) is 0 Å². The average molecular weight is 393 g/mol. The third-order valence-corrected chi connectivity index (χ3v) is 4.28. The van der Waals surface area contributed by atoms with Crippen molar-refractivity contribution < 1.29 is 18.0 Å². The first-order valence-electron chi connectivity index (χ1n) is 9.13. The summed E-state index contributed by atoms with van der Waals surface area (Å²) in [5.74, 6) is 0.242. The molecule has 0 bridgehead atoms. The number of rotatable bonds is 5. The summed E-state index contributed by atoms with van der Waals surface area (Å²) < 4.78 is 36.7. The minimum absolute atomic E-state index is 0.299. The molecule has 0 atom stereocenters. The highest BCUT2D eigenvalue weighted by Crippen LogP contribution is 2.23. The zero-order valence-electron chi connectivity index (χ0n) is 15.5. The Balaban J connectivity index is 1.65. The van der Waals surface area contributed by atoms with E-state index in [0.29, 0.717) is 23.1 Å². The van der Waals surface area contributed by atoms with Gasteiger partial charge >= 0.3 is 6.18 Å². The molecular formula is C19H22F3N5O. The summed E-state index contributed by atoms with van der Waals surface area (Å²) in [5, 5.41) is 5.40. The largest absolute Gasteiger partial charge is 0.397 e. The number of aromatic nitrogens is 2. The highest BCUT2D eigenvalue weighted by atomic mass is 19.4. The minimum Gasteiger partial charge on any atom is -0.341 e. The molecule has 0 aliphatic carbocycles. The number of carbonyl (C=O) groups is 1. The summed E-state index contributed by atoms with van der Waals surface area (Å²) in [5.41, 5.74) is 1.85. The number of piperidine rings is 1. The minimum atomic E-state index is -4.53. The number of hydrogen-bond donors (Lipinski definition) is 2. The number of carbonyl (C=O) groups excluding carboxylic acids is 1. The van der Waals surface area contributed by atoms with Crippen LogP contribution in [0.5, 0.6) is 0 Å². The lowest BCUT2D eigenvalue weighted by Gasteiger charge is -2.27. The molecule has 9 heteroatoms.